The first-order valence-corrected chi connectivity index (χ1v) is 11.2. The molecule has 2 aromatic carbocycles. The van der Waals surface area contributed by atoms with Crippen molar-refractivity contribution in [1.82, 2.24) is 14.5 Å². The fourth-order valence-electron chi connectivity index (χ4n) is 4.27. The van der Waals surface area contributed by atoms with E-state index in [1.54, 1.807) is 66.6 Å². The molecule has 35 heavy (non-hydrogen) atoms. The number of rotatable bonds is 7. The van der Waals surface area contributed by atoms with Crippen molar-refractivity contribution in [2.75, 3.05) is 13.7 Å². The summed E-state index contributed by atoms with van der Waals surface area (Å²) in [5, 5.41) is 32.1. The molecule has 0 unspecified atom stereocenters. The van der Waals surface area contributed by atoms with Crippen molar-refractivity contribution in [3.63, 3.8) is 0 Å². The SMILES string of the molecule is COc1nc2ccc([C@@](O)(c3ccc(C#N)cc3)c3cncn3C)cc2c(C#N)c1OCC1CC1. The Morgan fingerprint density at radius 2 is 1.86 bits per heavy atom. The highest BCUT2D eigenvalue weighted by atomic mass is 16.5. The third-order valence-corrected chi connectivity index (χ3v) is 6.41. The number of pyridine rings is 1. The van der Waals surface area contributed by atoms with Gasteiger partial charge in [0.05, 0.1) is 49.1 Å². The van der Waals surface area contributed by atoms with E-state index in [1.165, 1.54) is 7.11 Å². The summed E-state index contributed by atoms with van der Waals surface area (Å²) < 4.78 is 13.2. The standard InChI is InChI=1S/C27H23N5O3/c1-32-16-30-14-24(32)27(33,19-7-5-17(12-28)6-8-19)20-9-10-23-21(11-20)22(13-29)25(26(31-23)34-2)35-15-18-3-4-18/h5-11,14,16,18,33H,3-4,15H2,1-2H3/t27-/m0/s1. The van der Waals surface area contributed by atoms with Gasteiger partial charge >= 0.3 is 0 Å². The Morgan fingerprint density at radius 3 is 2.46 bits per heavy atom. The molecule has 0 radical (unpaired) electrons. The molecule has 0 spiro atoms. The zero-order chi connectivity index (χ0) is 24.6. The third kappa shape index (κ3) is 3.84. The molecule has 0 aliphatic heterocycles. The van der Waals surface area contributed by atoms with Gasteiger partial charge in [-0.3, -0.25) is 0 Å². The Morgan fingerprint density at radius 1 is 1.11 bits per heavy atom. The lowest BCUT2D eigenvalue weighted by molar-refractivity contribution is 0.117. The van der Waals surface area contributed by atoms with Gasteiger partial charge in [0.25, 0.3) is 5.88 Å². The molecule has 4 aromatic rings. The first-order chi connectivity index (χ1) is 17.0. The number of fused-ring (bicyclic) bond motifs is 1. The normalized spacial score (nSPS) is 14.7. The zero-order valence-electron chi connectivity index (χ0n) is 19.4. The number of hydrogen-bond acceptors (Lipinski definition) is 7. The summed E-state index contributed by atoms with van der Waals surface area (Å²) in [4.78, 5) is 8.77. The maximum Gasteiger partial charge on any atom is 0.258 e. The quantitative estimate of drug-likeness (QED) is 0.441. The lowest BCUT2D eigenvalue weighted by atomic mass is 9.82. The molecule has 1 aliphatic carbocycles. The summed E-state index contributed by atoms with van der Waals surface area (Å²) in [6.45, 7) is 0.502. The number of methoxy groups -OCH3 is 1. The lowest BCUT2D eigenvalue weighted by Crippen LogP contribution is -2.31. The van der Waals surface area contributed by atoms with Crippen LogP contribution in [0.25, 0.3) is 10.9 Å². The Bertz CT molecular complexity index is 1490. The largest absolute Gasteiger partial charge is 0.487 e. The third-order valence-electron chi connectivity index (χ3n) is 6.41. The molecule has 5 rings (SSSR count). The number of nitriles is 2. The second-order valence-electron chi connectivity index (χ2n) is 8.71. The average Bonchev–Trinajstić information content (AvgIpc) is 3.63. The molecular formula is C27H23N5O3. The Hall–Kier alpha value is -4.40. The summed E-state index contributed by atoms with van der Waals surface area (Å²) >= 11 is 0. The van der Waals surface area contributed by atoms with Crippen LogP contribution in [0.2, 0.25) is 0 Å². The molecule has 2 aromatic heterocycles. The van der Waals surface area contributed by atoms with Gasteiger partial charge in [-0.1, -0.05) is 18.2 Å². The highest BCUT2D eigenvalue weighted by Crippen LogP contribution is 2.41. The number of ether oxygens (including phenoxy) is 2. The zero-order valence-corrected chi connectivity index (χ0v) is 19.4. The van der Waals surface area contributed by atoms with Crippen LogP contribution in [-0.4, -0.2) is 33.4 Å². The molecule has 8 nitrogen and oxygen atoms in total. The minimum atomic E-state index is -1.60. The number of benzene rings is 2. The summed E-state index contributed by atoms with van der Waals surface area (Å²) in [6, 6.07) is 16.4. The molecule has 2 heterocycles. The Balaban J connectivity index is 1.72. The second kappa shape index (κ2) is 8.75. The molecule has 1 aliphatic rings. The first kappa shape index (κ1) is 22.4. The predicted molar refractivity (Wildman–Crippen MR) is 128 cm³/mol. The molecule has 0 bridgehead atoms. The molecule has 1 saturated carbocycles. The predicted octanol–water partition coefficient (Wildman–Crippen LogP) is 3.79. The van der Waals surface area contributed by atoms with E-state index in [-0.39, 0.29) is 5.88 Å². The van der Waals surface area contributed by atoms with Gasteiger partial charge in [0.1, 0.15) is 11.6 Å². The lowest BCUT2D eigenvalue weighted by Gasteiger charge is -2.30. The fraction of sp³-hybridized carbons (Fsp3) is 0.259. The van der Waals surface area contributed by atoms with Gasteiger partial charge in [-0.15, -0.1) is 0 Å². The van der Waals surface area contributed by atoms with Gasteiger partial charge < -0.3 is 19.1 Å². The number of aliphatic hydroxyl groups is 1. The molecule has 8 heteroatoms. The van der Waals surface area contributed by atoms with Gasteiger partial charge in [-0.25, -0.2) is 9.97 Å². The minimum absolute atomic E-state index is 0.261. The first-order valence-electron chi connectivity index (χ1n) is 11.2. The van der Waals surface area contributed by atoms with Gasteiger partial charge in [-0.2, -0.15) is 10.5 Å². The van der Waals surface area contributed by atoms with Gasteiger partial charge in [0, 0.05) is 12.4 Å². The average molecular weight is 466 g/mol. The molecule has 1 atom stereocenters. The smallest absolute Gasteiger partial charge is 0.258 e. The van der Waals surface area contributed by atoms with Crippen molar-refractivity contribution >= 4 is 10.9 Å². The molecule has 1 fully saturated rings. The number of aryl methyl sites for hydroxylation is 1. The van der Waals surface area contributed by atoms with Crippen LogP contribution < -0.4 is 9.47 Å². The van der Waals surface area contributed by atoms with Crippen molar-refractivity contribution in [3.05, 3.63) is 82.9 Å². The van der Waals surface area contributed by atoms with Crippen LogP contribution in [0.4, 0.5) is 0 Å². The maximum atomic E-state index is 12.2. The Kier molecular flexibility index (Phi) is 5.60. The van der Waals surface area contributed by atoms with Crippen molar-refractivity contribution in [2.45, 2.75) is 18.4 Å². The van der Waals surface area contributed by atoms with Crippen LogP contribution in [-0.2, 0) is 12.6 Å². The monoisotopic (exact) mass is 465 g/mol. The topological polar surface area (TPSA) is 117 Å². The minimum Gasteiger partial charge on any atom is -0.487 e. The fourth-order valence-corrected chi connectivity index (χ4v) is 4.27. The van der Waals surface area contributed by atoms with E-state index in [1.807, 2.05) is 0 Å². The number of aromatic nitrogens is 3. The van der Waals surface area contributed by atoms with Crippen molar-refractivity contribution in [2.24, 2.45) is 13.0 Å². The molecule has 0 amide bonds. The number of hydrogen-bond donors (Lipinski definition) is 1. The molecule has 1 N–H and O–H groups in total. The highest BCUT2D eigenvalue weighted by Gasteiger charge is 2.37. The van der Waals surface area contributed by atoms with Gasteiger partial charge in [-0.05, 0) is 54.2 Å². The van der Waals surface area contributed by atoms with Crippen molar-refractivity contribution < 1.29 is 14.6 Å². The van der Waals surface area contributed by atoms with E-state index in [9.17, 15) is 15.6 Å². The van der Waals surface area contributed by atoms with Crippen LogP contribution in [0, 0.1) is 28.6 Å². The van der Waals surface area contributed by atoms with Crippen LogP contribution >= 0.6 is 0 Å². The second-order valence-corrected chi connectivity index (χ2v) is 8.71. The van der Waals surface area contributed by atoms with E-state index >= 15 is 0 Å². The molecular weight excluding hydrogens is 442 g/mol. The van der Waals surface area contributed by atoms with E-state index in [0.717, 1.165) is 12.8 Å². The summed E-state index contributed by atoms with van der Waals surface area (Å²) in [6.07, 6.45) is 5.43. The van der Waals surface area contributed by atoms with E-state index in [0.29, 0.717) is 57.1 Å². The summed E-state index contributed by atoms with van der Waals surface area (Å²) in [5.74, 6) is 1.06. The number of imidazole rings is 1. The van der Waals surface area contributed by atoms with Crippen LogP contribution in [0.3, 0.4) is 0 Å². The van der Waals surface area contributed by atoms with Crippen molar-refractivity contribution in [3.8, 4) is 23.8 Å². The Labute approximate surface area is 202 Å². The van der Waals surface area contributed by atoms with Crippen molar-refractivity contribution in [1.29, 1.82) is 10.5 Å². The summed E-state index contributed by atoms with van der Waals surface area (Å²) in [5.41, 5.74) is 1.36. The van der Waals surface area contributed by atoms with Gasteiger partial charge in [0.2, 0.25) is 0 Å². The van der Waals surface area contributed by atoms with Crippen LogP contribution in [0.1, 0.15) is 40.8 Å². The number of nitrogens with zero attached hydrogens (tertiary/aromatic N) is 5. The van der Waals surface area contributed by atoms with E-state index < -0.39 is 5.60 Å². The molecule has 174 valence electrons. The van der Waals surface area contributed by atoms with E-state index in [4.69, 9.17) is 9.47 Å². The molecule has 0 saturated heterocycles. The highest BCUT2D eigenvalue weighted by molar-refractivity contribution is 5.89. The van der Waals surface area contributed by atoms with Gasteiger partial charge in [0.15, 0.2) is 11.4 Å². The van der Waals surface area contributed by atoms with Crippen LogP contribution in [0.15, 0.2) is 55.0 Å². The maximum absolute atomic E-state index is 12.2. The summed E-state index contributed by atoms with van der Waals surface area (Å²) in [7, 11) is 3.30. The van der Waals surface area contributed by atoms with Crippen LogP contribution in [0.5, 0.6) is 11.6 Å². The van der Waals surface area contributed by atoms with E-state index in [2.05, 4.69) is 22.1 Å².